The number of hydrogen-bond acceptors (Lipinski definition) is 4. The molecule has 7 heteroatoms. The highest BCUT2D eigenvalue weighted by atomic mass is 19.1. The van der Waals surface area contributed by atoms with E-state index >= 15 is 4.39 Å². The predicted octanol–water partition coefficient (Wildman–Crippen LogP) is 8.02. The zero-order chi connectivity index (χ0) is 26.8. The Bertz CT molecular complexity index is 860. The highest BCUT2D eigenvalue weighted by molar-refractivity contribution is 5.75. The van der Waals surface area contributed by atoms with Crippen LogP contribution in [-0.2, 0) is 19.1 Å². The zero-order valence-corrected chi connectivity index (χ0v) is 22.4. The summed E-state index contributed by atoms with van der Waals surface area (Å²) in [4.78, 5) is 23.9. The van der Waals surface area contributed by atoms with Gasteiger partial charge >= 0.3 is 11.9 Å². The molecule has 0 saturated heterocycles. The molecule has 0 bridgehead atoms. The molecule has 37 heavy (non-hydrogen) atoms. The van der Waals surface area contributed by atoms with Crippen molar-refractivity contribution in [1.82, 2.24) is 0 Å². The van der Waals surface area contributed by atoms with Crippen LogP contribution >= 0.6 is 0 Å². The molecule has 0 aromatic heterocycles. The second-order valence-corrected chi connectivity index (χ2v) is 10.8. The van der Waals surface area contributed by atoms with Gasteiger partial charge in [0.05, 0.1) is 0 Å². The summed E-state index contributed by atoms with van der Waals surface area (Å²) < 4.78 is 53.7. The van der Waals surface area contributed by atoms with Crippen LogP contribution in [0.1, 0.15) is 127 Å². The van der Waals surface area contributed by atoms with E-state index in [1.165, 1.54) is 0 Å². The van der Waals surface area contributed by atoms with Crippen LogP contribution in [0.25, 0.3) is 0 Å². The Balaban J connectivity index is 1.45. The molecule has 4 nitrogen and oxygen atoms in total. The molecule has 2 saturated carbocycles. The van der Waals surface area contributed by atoms with E-state index in [9.17, 15) is 18.4 Å². The van der Waals surface area contributed by atoms with Crippen molar-refractivity contribution >= 4 is 11.9 Å². The average molecular weight is 525 g/mol. The number of unbranched alkanes of at least 4 members (excludes halogenated alkanes) is 2. The maximum Gasteiger partial charge on any atom is 0.340 e. The molecule has 0 amide bonds. The van der Waals surface area contributed by atoms with Gasteiger partial charge in [0.2, 0.25) is 0 Å². The van der Waals surface area contributed by atoms with Crippen molar-refractivity contribution in [2.24, 2.45) is 0 Å². The van der Waals surface area contributed by atoms with Crippen molar-refractivity contribution < 1.29 is 32.2 Å². The number of carbonyl (C=O) groups excluding carboxylic acids is 2. The van der Waals surface area contributed by atoms with E-state index in [2.05, 4.69) is 0 Å². The molecule has 0 spiro atoms. The van der Waals surface area contributed by atoms with Crippen molar-refractivity contribution in [2.45, 2.75) is 140 Å². The topological polar surface area (TPSA) is 52.6 Å². The van der Waals surface area contributed by atoms with E-state index in [-0.39, 0.29) is 42.7 Å². The minimum absolute atomic E-state index is 0.0572. The Morgan fingerprint density at radius 1 is 0.784 bits per heavy atom. The van der Waals surface area contributed by atoms with Gasteiger partial charge in [-0.25, -0.2) is 22.8 Å². The van der Waals surface area contributed by atoms with Crippen molar-refractivity contribution in [3.8, 4) is 0 Å². The number of alkyl halides is 2. The van der Waals surface area contributed by atoms with Gasteiger partial charge in [0.25, 0.3) is 0 Å². The van der Waals surface area contributed by atoms with Gasteiger partial charge in [-0.05, 0) is 93.2 Å². The van der Waals surface area contributed by atoms with Crippen molar-refractivity contribution in [3.05, 3.63) is 35.1 Å². The van der Waals surface area contributed by atoms with Crippen molar-refractivity contribution in [2.75, 3.05) is 0 Å². The summed E-state index contributed by atoms with van der Waals surface area (Å²) in [6.45, 7) is 3.91. The molecule has 0 N–H and O–H groups in total. The van der Waals surface area contributed by atoms with E-state index in [4.69, 9.17) is 9.47 Å². The molecule has 0 aliphatic heterocycles. The van der Waals surface area contributed by atoms with E-state index in [0.29, 0.717) is 56.9 Å². The van der Waals surface area contributed by atoms with Gasteiger partial charge in [-0.15, -0.1) is 0 Å². The molecule has 1 aromatic carbocycles. The maximum atomic E-state index is 15.1. The zero-order valence-electron chi connectivity index (χ0n) is 22.4. The monoisotopic (exact) mass is 524 g/mol. The van der Waals surface area contributed by atoms with Gasteiger partial charge in [0.1, 0.15) is 18.0 Å². The Morgan fingerprint density at radius 2 is 1.24 bits per heavy atom. The van der Waals surface area contributed by atoms with Crippen molar-refractivity contribution in [1.29, 1.82) is 0 Å². The summed E-state index contributed by atoms with van der Waals surface area (Å²) in [5.41, 5.74) is 1.63. The molecule has 2 aliphatic rings. The van der Waals surface area contributed by atoms with Crippen LogP contribution in [-0.4, -0.2) is 36.5 Å². The second-order valence-electron chi connectivity index (χ2n) is 10.8. The first-order valence-electron chi connectivity index (χ1n) is 14.3. The fraction of sp³-hybridized carbons (Fsp3) is 0.733. The predicted molar refractivity (Wildman–Crippen MR) is 137 cm³/mol. The summed E-state index contributed by atoms with van der Waals surface area (Å²) in [5.74, 6) is -1.49. The number of carbonyl (C=O) groups is 2. The maximum absolute atomic E-state index is 15.1. The fourth-order valence-corrected chi connectivity index (χ4v) is 5.61. The van der Waals surface area contributed by atoms with E-state index in [1.807, 2.05) is 26.0 Å². The third-order valence-electron chi connectivity index (χ3n) is 7.98. The quantitative estimate of drug-likeness (QED) is 0.260. The van der Waals surface area contributed by atoms with Gasteiger partial charge in [-0.3, -0.25) is 0 Å². The molecule has 1 aromatic rings. The summed E-state index contributed by atoms with van der Waals surface area (Å²) in [6.07, 6.45) is 5.20. The van der Waals surface area contributed by atoms with Crippen LogP contribution in [0.3, 0.4) is 0 Å². The molecule has 3 rings (SSSR count). The first kappa shape index (κ1) is 29.5. The molecule has 208 valence electrons. The smallest absolute Gasteiger partial charge is 0.340 e. The van der Waals surface area contributed by atoms with Gasteiger partial charge in [-0.2, -0.15) is 0 Å². The van der Waals surface area contributed by atoms with Gasteiger partial charge in [-0.1, -0.05) is 51.7 Å². The van der Waals surface area contributed by atoms with Crippen LogP contribution < -0.4 is 0 Å². The van der Waals surface area contributed by atoms with E-state index in [1.54, 1.807) is 6.07 Å². The Labute approximate surface area is 219 Å². The average Bonchev–Trinajstić information content (AvgIpc) is 2.91. The molecule has 0 heterocycles. The second kappa shape index (κ2) is 14.8. The molecule has 0 radical (unpaired) electrons. The van der Waals surface area contributed by atoms with Gasteiger partial charge in [0.15, 0.2) is 12.3 Å². The summed E-state index contributed by atoms with van der Waals surface area (Å²) in [7, 11) is 0. The number of rotatable bonds is 12. The lowest BCUT2D eigenvalue weighted by Gasteiger charge is -2.30. The van der Waals surface area contributed by atoms with E-state index < -0.39 is 24.3 Å². The number of benzene rings is 1. The lowest BCUT2D eigenvalue weighted by molar-refractivity contribution is -0.157. The molecule has 2 atom stereocenters. The van der Waals surface area contributed by atoms with E-state index in [0.717, 1.165) is 31.2 Å². The van der Waals surface area contributed by atoms with Gasteiger partial charge < -0.3 is 9.47 Å². The fourth-order valence-electron chi connectivity index (χ4n) is 5.61. The number of ether oxygens (including phenoxy) is 2. The Kier molecular flexibility index (Phi) is 11.8. The number of halogens is 3. The summed E-state index contributed by atoms with van der Waals surface area (Å²) >= 11 is 0. The first-order valence-corrected chi connectivity index (χ1v) is 14.3. The normalized spacial score (nSPS) is 25.8. The summed E-state index contributed by atoms with van der Waals surface area (Å²) in [6, 6.07) is 5.49. The Morgan fingerprint density at radius 3 is 1.68 bits per heavy atom. The van der Waals surface area contributed by atoms with Crippen LogP contribution in [0.5, 0.6) is 0 Å². The largest absolute Gasteiger partial charge is 0.460 e. The third-order valence-corrected chi connectivity index (χ3v) is 7.98. The highest BCUT2D eigenvalue weighted by Crippen LogP contribution is 2.39. The SMILES string of the molecule is CCCC[C@H](F)C(=O)OC1CCC(c2ccc(C3CCC(OC(=O)[C@@H](F)CCCC)CC3)c(F)c2)CC1. The van der Waals surface area contributed by atoms with Crippen LogP contribution in [0, 0.1) is 5.82 Å². The van der Waals surface area contributed by atoms with Crippen molar-refractivity contribution in [3.63, 3.8) is 0 Å². The molecule has 2 aliphatic carbocycles. The lowest BCUT2D eigenvalue weighted by Crippen LogP contribution is -2.29. The summed E-state index contributed by atoms with van der Waals surface area (Å²) in [5, 5.41) is 0. The molecular formula is C30H43F3O4. The van der Waals surface area contributed by atoms with Crippen LogP contribution in [0.4, 0.5) is 13.2 Å². The minimum atomic E-state index is -1.56. The Hall–Kier alpha value is -2.05. The lowest BCUT2D eigenvalue weighted by atomic mass is 9.79. The molecule has 2 fully saturated rings. The third kappa shape index (κ3) is 8.75. The van der Waals surface area contributed by atoms with Crippen LogP contribution in [0.2, 0.25) is 0 Å². The number of esters is 2. The van der Waals surface area contributed by atoms with Crippen LogP contribution in [0.15, 0.2) is 18.2 Å². The molecule has 0 unspecified atom stereocenters. The standard InChI is InChI=1S/C30H43F3O4/c1-3-5-7-26(31)29(34)36-23-14-9-20(10-15-23)22-13-18-25(28(33)19-22)21-11-16-24(17-12-21)37-30(35)27(32)8-6-4-2/h13,18-21,23-24,26-27H,3-12,14-17H2,1-2H3/t20?,21?,23?,24?,26-,27-/m0/s1. The van der Waals surface area contributed by atoms with Gasteiger partial charge in [0, 0.05) is 0 Å². The number of hydrogen-bond donors (Lipinski definition) is 0. The highest BCUT2D eigenvalue weighted by Gasteiger charge is 2.31. The molecular weight excluding hydrogens is 481 g/mol. The minimum Gasteiger partial charge on any atom is -0.460 e. The first-order chi connectivity index (χ1) is 17.8.